The van der Waals surface area contributed by atoms with Gasteiger partial charge in [0.1, 0.15) is 0 Å². The van der Waals surface area contributed by atoms with Crippen molar-refractivity contribution in [3.63, 3.8) is 0 Å². The lowest BCUT2D eigenvalue weighted by Gasteiger charge is -2.16. The first-order valence-corrected chi connectivity index (χ1v) is 9.31. The fraction of sp³-hybridized carbons (Fsp3) is 0.227. The molecule has 3 aromatic rings. The van der Waals surface area contributed by atoms with Crippen molar-refractivity contribution in [3.8, 4) is 0 Å². The van der Waals surface area contributed by atoms with Gasteiger partial charge in [-0.15, -0.1) is 0 Å². The summed E-state index contributed by atoms with van der Waals surface area (Å²) in [7, 11) is 0. The second-order valence-electron chi connectivity index (χ2n) is 6.95. The molecule has 0 bridgehead atoms. The number of pyridine rings is 1. The van der Waals surface area contributed by atoms with Gasteiger partial charge in [0.2, 0.25) is 0 Å². The molecule has 1 aromatic heterocycles. The van der Waals surface area contributed by atoms with Gasteiger partial charge < -0.3 is 10.1 Å². The summed E-state index contributed by atoms with van der Waals surface area (Å²) in [4.78, 5) is 29.9. The fourth-order valence-electron chi connectivity index (χ4n) is 3.53. The highest BCUT2D eigenvalue weighted by molar-refractivity contribution is 6.06. The summed E-state index contributed by atoms with van der Waals surface area (Å²) in [6.45, 7) is 1.43. The molecule has 29 heavy (non-hydrogen) atoms. The molecule has 4 rings (SSSR count). The lowest BCUT2D eigenvalue weighted by Crippen LogP contribution is -2.30. The Kier molecular flexibility index (Phi) is 4.96. The number of anilines is 1. The highest BCUT2D eigenvalue weighted by Crippen LogP contribution is 2.30. The van der Waals surface area contributed by atoms with Gasteiger partial charge in [0.05, 0.1) is 11.1 Å². The van der Waals surface area contributed by atoms with Crippen LogP contribution in [0.2, 0.25) is 0 Å². The van der Waals surface area contributed by atoms with Crippen LogP contribution in [0.15, 0.2) is 42.5 Å². The van der Waals surface area contributed by atoms with E-state index in [4.69, 9.17) is 4.74 Å². The monoisotopic (exact) mass is 396 g/mol. The van der Waals surface area contributed by atoms with Gasteiger partial charge >= 0.3 is 5.97 Å². The van der Waals surface area contributed by atoms with E-state index in [2.05, 4.69) is 10.3 Å². The van der Waals surface area contributed by atoms with Crippen molar-refractivity contribution in [2.24, 2.45) is 0 Å². The molecule has 0 radical (unpaired) electrons. The fourth-order valence-corrected chi connectivity index (χ4v) is 3.53. The van der Waals surface area contributed by atoms with Gasteiger partial charge in [-0.25, -0.2) is 13.6 Å². The van der Waals surface area contributed by atoms with Crippen LogP contribution >= 0.6 is 0 Å². The van der Waals surface area contributed by atoms with E-state index < -0.39 is 29.6 Å². The first kappa shape index (κ1) is 19.0. The lowest BCUT2D eigenvalue weighted by molar-refractivity contribution is -0.123. The molecule has 0 aliphatic heterocycles. The number of esters is 1. The molecule has 7 heteroatoms. The number of ether oxygens (including phenoxy) is 1. The maximum atomic E-state index is 13.3. The van der Waals surface area contributed by atoms with E-state index in [0.29, 0.717) is 16.5 Å². The van der Waals surface area contributed by atoms with E-state index >= 15 is 0 Å². The number of carbonyl (C=O) groups is 2. The smallest absolute Gasteiger partial charge is 0.339 e. The van der Waals surface area contributed by atoms with E-state index in [9.17, 15) is 18.4 Å². The third kappa shape index (κ3) is 3.68. The molecule has 1 heterocycles. The normalized spacial score (nSPS) is 13.8. The molecule has 0 unspecified atom stereocenters. The zero-order chi connectivity index (χ0) is 20.5. The van der Waals surface area contributed by atoms with E-state index in [1.165, 1.54) is 13.0 Å². The van der Waals surface area contributed by atoms with Crippen molar-refractivity contribution in [2.75, 3.05) is 5.32 Å². The molecule has 1 aliphatic carbocycles. The number of halogens is 2. The zero-order valence-corrected chi connectivity index (χ0v) is 15.7. The van der Waals surface area contributed by atoms with Crippen LogP contribution in [0.25, 0.3) is 10.9 Å². The molecule has 0 spiro atoms. The Morgan fingerprint density at radius 2 is 1.90 bits per heavy atom. The van der Waals surface area contributed by atoms with E-state index in [1.54, 1.807) is 0 Å². The summed E-state index contributed by atoms with van der Waals surface area (Å²) in [6, 6.07) is 10.3. The van der Waals surface area contributed by atoms with E-state index in [0.717, 1.165) is 42.7 Å². The molecule has 2 aromatic carbocycles. The van der Waals surface area contributed by atoms with Gasteiger partial charge in [-0.05, 0) is 49.9 Å². The number of benzene rings is 2. The second-order valence-corrected chi connectivity index (χ2v) is 6.95. The van der Waals surface area contributed by atoms with Gasteiger partial charge in [-0.3, -0.25) is 9.78 Å². The maximum Gasteiger partial charge on any atom is 0.339 e. The van der Waals surface area contributed by atoms with Crippen LogP contribution in [0.5, 0.6) is 0 Å². The number of nitrogens with zero attached hydrogens (tertiary/aromatic N) is 1. The summed E-state index contributed by atoms with van der Waals surface area (Å²) in [5, 5.41) is 3.11. The Morgan fingerprint density at radius 3 is 2.69 bits per heavy atom. The van der Waals surface area contributed by atoms with Crippen molar-refractivity contribution in [3.05, 3.63) is 70.9 Å². The Labute approximate surface area is 165 Å². The van der Waals surface area contributed by atoms with Crippen molar-refractivity contribution in [1.82, 2.24) is 4.98 Å². The molecular formula is C22H18F2N2O3. The van der Waals surface area contributed by atoms with Crippen LogP contribution in [0.1, 0.15) is 35.0 Å². The minimum Gasteiger partial charge on any atom is -0.449 e. The topological polar surface area (TPSA) is 68.3 Å². The summed E-state index contributed by atoms with van der Waals surface area (Å²) < 4.78 is 31.8. The number of nitrogens with one attached hydrogen (secondary N) is 1. The SMILES string of the molecule is C[C@H](OC(=O)c1c2c(nc3ccccc13)CCC2)C(=O)Nc1ccc(F)c(F)c1. The number of hydrogen-bond donors (Lipinski definition) is 1. The Hall–Kier alpha value is -3.35. The molecular weight excluding hydrogens is 378 g/mol. The Morgan fingerprint density at radius 1 is 1.10 bits per heavy atom. The van der Waals surface area contributed by atoms with Crippen LogP contribution in [0, 0.1) is 11.6 Å². The quantitative estimate of drug-likeness (QED) is 0.672. The van der Waals surface area contributed by atoms with Crippen molar-refractivity contribution >= 4 is 28.5 Å². The van der Waals surface area contributed by atoms with Crippen molar-refractivity contribution in [1.29, 1.82) is 0 Å². The number of aromatic nitrogens is 1. The van der Waals surface area contributed by atoms with E-state index in [1.807, 2.05) is 24.3 Å². The summed E-state index contributed by atoms with van der Waals surface area (Å²) in [5.74, 6) is -3.33. The first-order chi connectivity index (χ1) is 13.9. The Balaban J connectivity index is 1.56. The number of carbonyl (C=O) groups excluding carboxylic acids is 2. The van der Waals surface area contributed by atoms with Crippen LogP contribution < -0.4 is 5.32 Å². The predicted molar refractivity (Wildman–Crippen MR) is 104 cm³/mol. The second kappa shape index (κ2) is 7.58. The van der Waals surface area contributed by atoms with Crippen LogP contribution in [-0.4, -0.2) is 23.0 Å². The highest BCUT2D eigenvalue weighted by Gasteiger charge is 2.27. The highest BCUT2D eigenvalue weighted by atomic mass is 19.2. The van der Waals surface area contributed by atoms with Gasteiger partial charge in [-0.2, -0.15) is 0 Å². The lowest BCUT2D eigenvalue weighted by atomic mass is 10.0. The minimum atomic E-state index is -1.13. The molecule has 1 atom stereocenters. The average molecular weight is 396 g/mol. The molecule has 5 nitrogen and oxygen atoms in total. The van der Waals surface area contributed by atoms with Crippen molar-refractivity contribution in [2.45, 2.75) is 32.3 Å². The zero-order valence-electron chi connectivity index (χ0n) is 15.7. The molecule has 0 saturated carbocycles. The minimum absolute atomic E-state index is 0.0760. The van der Waals surface area contributed by atoms with E-state index in [-0.39, 0.29) is 5.69 Å². The number of aryl methyl sites for hydroxylation is 1. The van der Waals surface area contributed by atoms with Gasteiger partial charge in [0, 0.05) is 22.8 Å². The molecule has 148 valence electrons. The molecule has 1 aliphatic rings. The maximum absolute atomic E-state index is 13.3. The number of amides is 1. The average Bonchev–Trinajstić information content (AvgIpc) is 3.16. The van der Waals surface area contributed by atoms with Crippen LogP contribution in [0.4, 0.5) is 14.5 Å². The Bertz CT molecular complexity index is 1130. The van der Waals surface area contributed by atoms with Gasteiger partial charge in [0.25, 0.3) is 5.91 Å². The predicted octanol–water partition coefficient (Wildman–Crippen LogP) is 4.19. The van der Waals surface area contributed by atoms with Crippen molar-refractivity contribution < 1.29 is 23.1 Å². The molecule has 1 amide bonds. The number of fused-ring (bicyclic) bond motifs is 2. The largest absolute Gasteiger partial charge is 0.449 e. The summed E-state index contributed by atoms with van der Waals surface area (Å²) >= 11 is 0. The number of para-hydroxylation sites is 1. The molecule has 0 saturated heterocycles. The third-order valence-electron chi connectivity index (χ3n) is 4.96. The number of hydrogen-bond acceptors (Lipinski definition) is 4. The van der Waals surface area contributed by atoms with Crippen LogP contribution in [0.3, 0.4) is 0 Å². The van der Waals surface area contributed by atoms with Gasteiger partial charge in [-0.1, -0.05) is 18.2 Å². The first-order valence-electron chi connectivity index (χ1n) is 9.31. The molecule has 1 N–H and O–H groups in total. The molecule has 0 fully saturated rings. The van der Waals surface area contributed by atoms with Gasteiger partial charge in [0.15, 0.2) is 17.7 Å². The van der Waals surface area contributed by atoms with Crippen LogP contribution in [-0.2, 0) is 22.4 Å². The third-order valence-corrected chi connectivity index (χ3v) is 4.96. The summed E-state index contributed by atoms with van der Waals surface area (Å²) in [6.07, 6.45) is 1.31. The number of rotatable bonds is 4. The standard InChI is InChI=1S/C22H18F2N2O3/c1-12(21(27)25-13-9-10-16(23)17(24)11-13)29-22(28)20-14-5-2-3-7-18(14)26-19-8-4-6-15(19)20/h2-3,5,7,9-12H,4,6,8H2,1H3,(H,25,27)/t12-/m0/s1. The summed E-state index contributed by atoms with van der Waals surface area (Å²) in [5.41, 5.74) is 2.97.